The van der Waals surface area contributed by atoms with Gasteiger partial charge in [-0.15, -0.1) is 0 Å². The summed E-state index contributed by atoms with van der Waals surface area (Å²) in [6.45, 7) is 1.05. The van der Waals surface area contributed by atoms with Crippen molar-refractivity contribution in [3.8, 4) is 0 Å². The van der Waals surface area contributed by atoms with Crippen LogP contribution < -0.4 is 4.72 Å². The highest BCUT2D eigenvalue weighted by atomic mass is 32.2. The lowest BCUT2D eigenvalue weighted by Crippen LogP contribution is -2.28. The van der Waals surface area contributed by atoms with Gasteiger partial charge in [-0.05, 0) is 44.2 Å². The van der Waals surface area contributed by atoms with E-state index in [1.165, 1.54) is 35.6 Å². The molecule has 8 heteroatoms. The summed E-state index contributed by atoms with van der Waals surface area (Å²) in [6, 6.07) is 5.26. The van der Waals surface area contributed by atoms with E-state index in [1.54, 1.807) is 0 Å². The highest BCUT2D eigenvalue weighted by molar-refractivity contribution is 7.89. The van der Waals surface area contributed by atoms with Crippen molar-refractivity contribution in [2.45, 2.75) is 22.6 Å². The van der Waals surface area contributed by atoms with Crippen LogP contribution in [0.15, 0.2) is 34.1 Å². The fourth-order valence-corrected chi connectivity index (χ4v) is 4.23. The summed E-state index contributed by atoms with van der Waals surface area (Å²) >= 11 is 0. The maximum atomic E-state index is 12.2. The zero-order valence-electron chi connectivity index (χ0n) is 10.5. The number of rotatable bonds is 4. The first-order valence-corrected chi connectivity index (χ1v) is 8.84. The number of nitrogens with one attached hydrogen (secondary N) is 1. The van der Waals surface area contributed by atoms with Crippen LogP contribution in [0.3, 0.4) is 0 Å². The number of hydrogen-bond donors (Lipinski definition) is 1. The van der Waals surface area contributed by atoms with Crippen molar-refractivity contribution in [1.82, 2.24) is 9.03 Å². The highest BCUT2D eigenvalue weighted by Crippen LogP contribution is 2.21. The molecule has 1 aliphatic rings. The molecule has 2 rings (SSSR count). The number of hydrogen-bond acceptors (Lipinski definition) is 4. The van der Waals surface area contributed by atoms with E-state index in [2.05, 4.69) is 4.72 Å². The van der Waals surface area contributed by atoms with Crippen LogP contribution in [-0.2, 0) is 20.0 Å². The molecule has 0 amide bonds. The van der Waals surface area contributed by atoms with Crippen LogP contribution in [0.4, 0.5) is 0 Å². The van der Waals surface area contributed by atoms with Gasteiger partial charge in [0.15, 0.2) is 0 Å². The van der Waals surface area contributed by atoms with E-state index < -0.39 is 20.0 Å². The number of nitrogens with zero attached hydrogens (tertiary/aromatic N) is 1. The Morgan fingerprint density at radius 3 is 1.89 bits per heavy atom. The molecule has 0 aliphatic carbocycles. The zero-order chi connectivity index (χ0) is 14.1. The van der Waals surface area contributed by atoms with Gasteiger partial charge in [0.2, 0.25) is 20.0 Å². The van der Waals surface area contributed by atoms with Crippen LogP contribution in [0.2, 0.25) is 0 Å². The maximum absolute atomic E-state index is 12.2. The molecular formula is C11H16N2O4S2. The first-order chi connectivity index (χ1) is 8.88. The van der Waals surface area contributed by atoms with Crippen molar-refractivity contribution in [2.75, 3.05) is 20.1 Å². The molecule has 19 heavy (non-hydrogen) atoms. The maximum Gasteiger partial charge on any atom is 0.243 e. The van der Waals surface area contributed by atoms with Crippen LogP contribution in [0.1, 0.15) is 12.8 Å². The molecule has 6 nitrogen and oxygen atoms in total. The van der Waals surface area contributed by atoms with E-state index >= 15 is 0 Å². The van der Waals surface area contributed by atoms with Gasteiger partial charge in [-0.3, -0.25) is 0 Å². The predicted molar refractivity (Wildman–Crippen MR) is 70.7 cm³/mol. The van der Waals surface area contributed by atoms with Crippen LogP contribution in [-0.4, -0.2) is 41.3 Å². The Morgan fingerprint density at radius 1 is 0.947 bits per heavy atom. The van der Waals surface area contributed by atoms with Gasteiger partial charge >= 0.3 is 0 Å². The quantitative estimate of drug-likeness (QED) is 0.871. The molecule has 1 N–H and O–H groups in total. The molecule has 1 aromatic rings. The minimum atomic E-state index is -3.54. The third-order valence-electron chi connectivity index (χ3n) is 3.11. The monoisotopic (exact) mass is 304 g/mol. The largest absolute Gasteiger partial charge is 0.243 e. The summed E-state index contributed by atoms with van der Waals surface area (Å²) in [5.41, 5.74) is 0. The summed E-state index contributed by atoms with van der Waals surface area (Å²) in [6.07, 6.45) is 1.73. The Morgan fingerprint density at radius 2 is 1.42 bits per heavy atom. The second kappa shape index (κ2) is 5.20. The first kappa shape index (κ1) is 14.4. The molecule has 106 valence electrons. The SMILES string of the molecule is CNS(=O)(=O)c1ccc(S(=O)(=O)N2CCCC2)cc1. The highest BCUT2D eigenvalue weighted by Gasteiger charge is 2.27. The summed E-state index contributed by atoms with van der Waals surface area (Å²) < 4.78 is 51.2. The molecule has 0 aromatic heterocycles. The summed E-state index contributed by atoms with van der Waals surface area (Å²) in [7, 11) is -5.72. The van der Waals surface area contributed by atoms with Gasteiger partial charge in [-0.2, -0.15) is 4.31 Å². The smallest absolute Gasteiger partial charge is 0.214 e. The van der Waals surface area contributed by atoms with E-state index in [0.717, 1.165) is 12.8 Å². The summed E-state index contributed by atoms with van der Waals surface area (Å²) in [4.78, 5) is 0.180. The van der Waals surface area contributed by atoms with E-state index in [4.69, 9.17) is 0 Å². The van der Waals surface area contributed by atoms with E-state index in [9.17, 15) is 16.8 Å². The zero-order valence-corrected chi connectivity index (χ0v) is 12.2. The molecule has 1 aromatic carbocycles. The van der Waals surface area contributed by atoms with Gasteiger partial charge in [0.1, 0.15) is 0 Å². The van der Waals surface area contributed by atoms with Crippen molar-refractivity contribution in [1.29, 1.82) is 0 Å². The Bertz CT molecular complexity index is 644. The van der Waals surface area contributed by atoms with Gasteiger partial charge in [-0.1, -0.05) is 0 Å². The molecule has 1 fully saturated rings. The third-order valence-corrected chi connectivity index (χ3v) is 6.45. The van der Waals surface area contributed by atoms with Crippen LogP contribution in [0.25, 0.3) is 0 Å². The van der Waals surface area contributed by atoms with Crippen molar-refractivity contribution in [3.63, 3.8) is 0 Å². The molecule has 0 atom stereocenters. The summed E-state index contributed by atoms with van der Waals surface area (Å²) in [5.74, 6) is 0. The minimum Gasteiger partial charge on any atom is -0.214 e. The Kier molecular flexibility index (Phi) is 3.95. The van der Waals surface area contributed by atoms with E-state index in [0.29, 0.717) is 13.1 Å². The van der Waals surface area contributed by atoms with E-state index in [1.807, 2.05) is 0 Å². The first-order valence-electron chi connectivity index (χ1n) is 5.92. The van der Waals surface area contributed by atoms with E-state index in [-0.39, 0.29) is 9.79 Å². The Balaban J connectivity index is 2.33. The molecule has 0 bridgehead atoms. The molecule has 0 spiro atoms. The molecule has 0 unspecified atom stereocenters. The predicted octanol–water partition coefficient (Wildman–Crippen LogP) is 0.379. The lowest BCUT2D eigenvalue weighted by Gasteiger charge is -2.15. The summed E-state index contributed by atoms with van der Waals surface area (Å²) in [5, 5.41) is 0. The molecule has 1 aliphatic heterocycles. The van der Waals surface area contributed by atoms with Crippen LogP contribution in [0.5, 0.6) is 0 Å². The van der Waals surface area contributed by atoms with Gasteiger partial charge in [0.05, 0.1) is 9.79 Å². The van der Waals surface area contributed by atoms with Crippen molar-refractivity contribution < 1.29 is 16.8 Å². The van der Waals surface area contributed by atoms with Gasteiger partial charge in [0, 0.05) is 13.1 Å². The number of sulfonamides is 2. The lowest BCUT2D eigenvalue weighted by atomic mass is 10.4. The standard InChI is InChI=1S/C11H16N2O4S2/c1-12-18(14,15)10-4-6-11(7-5-10)19(16,17)13-8-2-3-9-13/h4-7,12H,2-3,8-9H2,1H3. The average Bonchev–Trinajstić information content (AvgIpc) is 2.93. The van der Waals surface area contributed by atoms with Gasteiger partial charge < -0.3 is 0 Å². The van der Waals surface area contributed by atoms with Crippen LogP contribution in [0, 0.1) is 0 Å². The fraction of sp³-hybridized carbons (Fsp3) is 0.455. The normalized spacial score (nSPS) is 17.7. The number of benzene rings is 1. The molecule has 0 radical (unpaired) electrons. The Labute approximate surface area is 113 Å². The third kappa shape index (κ3) is 2.81. The van der Waals surface area contributed by atoms with Crippen molar-refractivity contribution in [2.24, 2.45) is 0 Å². The van der Waals surface area contributed by atoms with Crippen molar-refractivity contribution in [3.05, 3.63) is 24.3 Å². The minimum absolute atomic E-state index is 0.0513. The second-order valence-corrected chi connectivity index (χ2v) is 8.11. The molecule has 1 saturated heterocycles. The topological polar surface area (TPSA) is 83.5 Å². The molecular weight excluding hydrogens is 288 g/mol. The van der Waals surface area contributed by atoms with Crippen LogP contribution >= 0.6 is 0 Å². The lowest BCUT2D eigenvalue weighted by molar-refractivity contribution is 0.477. The molecule has 0 saturated carbocycles. The fourth-order valence-electron chi connectivity index (χ4n) is 1.99. The average molecular weight is 304 g/mol. The van der Waals surface area contributed by atoms with Gasteiger partial charge in [-0.25, -0.2) is 21.6 Å². The molecule has 1 heterocycles. The Hall–Kier alpha value is -0.960. The second-order valence-electron chi connectivity index (χ2n) is 4.29. The van der Waals surface area contributed by atoms with Gasteiger partial charge in [0.25, 0.3) is 0 Å². The van der Waals surface area contributed by atoms with Crippen molar-refractivity contribution >= 4 is 20.0 Å².